The van der Waals surface area contributed by atoms with Crippen LogP contribution in [-0.2, 0) is 9.53 Å². The summed E-state index contributed by atoms with van der Waals surface area (Å²) in [7, 11) is 0. The molecule has 0 aliphatic rings. The Morgan fingerprint density at radius 2 is 2.18 bits per heavy atom. The van der Waals surface area contributed by atoms with Crippen molar-refractivity contribution in [3.8, 4) is 0 Å². The number of aromatic carboxylic acids is 1. The lowest BCUT2D eigenvalue weighted by Gasteiger charge is -2.01. The third-order valence-corrected chi connectivity index (χ3v) is 2.17. The minimum absolute atomic E-state index is 0.0399. The topological polar surface area (TPSA) is 63.6 Å². The third-order valence-electron chi connectivity index (χ3n) is 1.93. The van der Waals surface area contributed by atoms with Crippen LogP contribution >= 0.6 is 11.6 Å². The first-order valence-electron chi connectivity index (χ1n) is 4.92. The van der Waals surface area contributed by atoms with Gasteiger partial charge in [-0.1, -0.05) is 17.7 Å². The van der Waals surface area contributed by atoms with Crippen LogP contribution in [0.1, 0.15) is 22.8 Å². The van der Waals surface area contributed by atoms with Crippen molar-refractivity contribution in [2.75, 3.05) is 6.61 Å². The molecule has 1 aromatic carbocycles. The number of benzene rings is 1. The molecule has 0 unspecified atom stereocenters. The molecular weight excluding hydrogens is 244 g/mol. The Balaban J connectivity index is 2.98. The summed E-state index contributed by atoms with van der Waals surface area (Å²) in [6, 6.07) is 4.41. The van der Waals surface area contributed by atoms with E-state index in [2.05, 4.69) is 4.74 Å². The minimum atomic E-state index is -1.10. The second-order valence-corrected chi connectivity index (χ2v) is 3.56. The predicted octanol–water partition coefficient (Wildman–Crippen LogP) is 2.61. The van der Waals surface area contributed by atoms with Crippen molar-refractivity contribution in [3.63, 3.8) is 0 Å². The predicted molar refractivity (Wildman–Crippen MR) is 64.1 cm³/mol. The fraction of sp³-hybridized carbons (Fsp3) is 0.167. The van der Waals surface area contributed by atoms with Crippen molar-refractivity contribution in [3.05, 3.63) is 40.4 Å². The zero-order valence-corrected chi connectivity index (χ0v) is 9.90. The number of carboxylic acid groups (broad SMARTS) is 1. The Bertz CT molecular complexity index is 466. The molecule has 0 amide bonds. The molecule has 0 aliphatic heterocycles. The first kappa shape index (κ1) is 13.3. The van der Waals surface area contributed by atoms with Gasteiger partial charge in [0.1, 0.15) is 0 Å². The van der Waals surface area contributed by atoms with Crippen LogP contribution in [0.3, 0.4) is 0 Å². The van der Waals surface area contributed by atoms with Crippen LogP contribution < -0.4 is 0 Å². The van der Waals surface area contributed by atoms with Crippen LogP contribution in [0.25, 0.3) is 6.08 Å². The van der Waals surface area contributed by atoms with Gasteiger partial charge in [-0.3, -0.25) is 0 Å². The van der Waals surface area contributed by atoms with E-state index in [1.165, 1.54) is 24.3 Å². The number of carbonyl (C=O) groups excluding carboxylic acids is 1. The molecular formula is C12H11ClO4. The van der Waals surface area contributed by atoms with Crippen LogP contribution in [0.2, 0.25) is 5.02 Å². The molecule has 0 atom stereocenters. The summed E-state index contributed by atoms with van der Waals surface area (Å²) in [5, 5.41) is 9.28. The maximum Gasteiger partial charge on any atom is 0.336 e. The van der Waals surface area contributed by atoms with Gasteiger partial charge in [-0.15, -0.1) is 0 Å². The van der Waals surface area contributed by atoms with E-state index in [1.54, 1.807) is 13.0 Å². The summed E-state index contributed by atoms with van der Waals surface area (Å²) < 4.78 is 4.69. The van der Waals surface area contributed by atoms with E-state index in [0.29, 0.717) is 10.6 Å². The third kappa shape index (κ3) is 3.92. The number of hydrogen-bond donors (Lipinski definition) is 1. The normalized spacial score (nSPS) is 10.5. The average Bonchev–Trinajstić information content (AvgIpc) is 2.27. The van der Waals surface area contributed by atoms with E-state index in [-0.39, 0.29) is 12.2 Å². The summed E-state index contributed by atoms with van der Waals surface area (Å²) in [6.45, 7) is 1.96. The summed E-state index contributed by atoms with van der Waals surface area (Å²) in [6.07, 6.45) is 2.57. The Morgan fingerprint density at radius 1 is 1.47 bits per heavy atom. The summed E-state index contributed by atoms with van der Waals surface area (Å²) in [5.74, 6) is -1.62. The second kappa shape index (κ2) is 6.06. The number of carboxylic acids is 1. The van der Waals surface area contributed by atoms with Gasteiger partial charge in [0.05, 0.1) is 12.2 Å². The number of ether oxygens (including phenoxy) is 1. The SMILES string of the molecule is CCOC(=O)C=Cc1ccc(Cl)cc1C(=O)O. The van der Waals surface area contributed by atoms with Crippen molar-refractivity contribution in [2.45, 2.75) is 6.92 Å². The summed E-state index contributed by atoms with van der Waals surface area (Å²) in [4.78, 5) is 22.0. The lowest BCUT2D eigenvalue weighted by atomic mass is 10.1. The quantitative estimate of drug-likeness (QED) is 0.663. The molecule has 1 rings (SSSR count). The molecule has 90 valence electrons. The van der Waals surface area contributed by atoms with Crippen LogP contribution in [0, 0.1) is 0 Å². The van der Waals surface area contributed by atoms with Crippen molar-refractivity contribution >= 4 is 29.6 Å². The molecule has 0 radical (unpaired) electrons. The molecule has 0 fully saturated rings. The monoisotopic (exact) mass is 254 g/mol. The van der Waals surface area contributed by atoms with Crippen molar-refractivity contribution in [1.82, 2.24) is 0 Å². The first-order chi connectivity index (χ1) is 8.04. The number of esters is 1. The lowest BCUT2D eigenvalue weighted by molar-refractivity contribution is -0.137. The van der Waals surface area contributed by atoms with E-state index < -0.39 is 11.9 Å². The van der Waals surface area contributed by atoms with Gasteiger partial charge >= 0.3 is 11.9 Å². The van der Waals surface area contributed by atoms with Gasteiger partial charge in [-0.05, 0) is 30.7 Å². The highest BCUT2D eigenvalue weighted by Gasteiger charge is 2.08. The fourth-order valence-corrected chi connectivity index (χ4v) is 1.38. The highest BCUT2D eigenvalue weighted by atomic mass is 35.5. The van der Waals surface area contributed by atoms with E-state index in [0.717, 1.165) is 0 Å². The average molecular weight is 255 g/mol. The molecule has 17 heavy (non-hydrogen) atoms. The van der Waals surface area contributed by atoms with Gasteiger partial charge in [0.15, 0.2) is 0 Å². The smallest absolute Gasteiger partial charge is 0.336 e. The highest BCUT2D eigenvalue weighted by Crippen LogP contribution is 2.17. The van der Waals surface area contributed by atoms with Gasteiger partial charge < -0.3 is 9.84 Å². The van der Waals surface area contributed by atoms with Gasteiger partial charge in [-0.2, -0.15) is 0 Å². The van der Waals surface area contributed by atoms with Crippen molar-refractivity contribution in [2.24, 2.45) is 0 Å². The second-order valence-electron chi connectivity index (χ2n) is 3.12. The Morgan fingerprint density at radius 3 is 2.76 bits per heavy atom. The zero-order chi connectivity index (χ0) is 12.8. The van der Waals surface area contributed by atoms with Gasteiger partial charge in [0, 0.05) is 11.1 Å². The van der Waals surface area contributed by atoms with Crippen LogP contribution in [0.5, 0.6) is 0 Å². The van der Waals surface area contributed by atoms with Crippen molar-refractivity contribution < 1.29 is 19.4 Å². The van der Waals surface area contributed by atoms with Crippen molar-refractivity contribution in [1.29, 1.82) is 0 Å². The van der Waals surface area contributed by atoms with E-state index in [1.807, 2.05) is 0 Å². The highest BCUT2D eigenvalue weighted by molar-refractivity contribution is 6.31. The molecule has 4 nitrogen and oxygen atoms in total. The molecule has 0 aromatic heterocycles. The van der Waals surface area contributed by atoms with Gasteiger partial charge in [-0.25, -0.2) is 9.59 Å². The number of carbonyl (C=O) groups is 2. The molecule has 5 heteroatoms. The van der Waals surface area contributed by atoms with Gasteiger partial charge in [0.25, 0.3) is 0 Å². The number of halogens is 1. The van der Waals surface area contributed by atoms with E-state index in [9.17, 15) is 9.59 Å². The molecule has 1 aromatic rings. The fourth-order valence-electron chi connectivity index (χ4n) is 1.21. The Kier molecular flexibility index (Phi) is 4.72. The van der Waals surface area contributed by atoms with E-state index >= 15 is 0 Å². The maximum atomic E-state index is 11.1. The van der Waals surface area contributed by atoms with Crippen LogP contribution in [0.15, 0.2) is 24.3 Å². The van der Waals surface area contributed by atoms with Crippen LogP contribution in [-0.4, -0.2) is 23.7 Å². The number of rotatable bonds is 4. The van der Waals surface area contributed by atoms with Gasteiger partial charge in [0.2, 0.25) is 0 Å². The van der Waals surface area contributed by atoms with E-state index in [4.69, 9.17) is 16.7 Å². The standard InChI is InChI=1S/C12H11ClO4/c1-2-17-11(14)6-4-8-3-5-9(13)7-10(8)12(15)16/h3-7H,2H2,1H3,(H,15,16). The summed E-state index contributed by atoms with van der Waals surface area (Å²) >= 11 is 5.69. The lowest BCUT2D eigenvalue weighted by Crippen LogP contribution is -2.01. The molecule has 0 aliphatic carbocycles. The molecule has 0 heterocycles. The van der Waals surface area contributed by atoms with Crippen LogP contribution in [0.4, 0.5) is 0 Å². The zero-order valence-electron chi connectivity index (χ0n) is 9.14. The number of hydrogen-bond acceptors (Lipinski definition) is 3. The molecule has 0 spiro atoms. The molecule has 1 N–H and O–H groups in total. The molecule has 0 saturated carbocycles. The molecule has 0 saturated heterocycles. The Hall–Kier alpha value is -1.81. The maximum absolute atomic E-state index is 11.1. The summed E-state index contributed by atoms with van der Waals surface area (Å²) in [5.41, 5.74) is 0.438. The Labute approximate surface area is 103 Å². The first-order valence-corrected chi connectivity index (χ1v) is 5.30. The molecule has 0 bridgehead atoms. The minimum Gasteiger partial charge on any atom is -0.478 e. The largest absolute Gasteiger partial charge is 0.478 e.